The number of likely N-dealkylation sites (N-methyl/N-ethyl adjacent to an activating group) is 1. The number of ether oxygens (including phenoxy) is 1. The van der Waals surface area contributed by atoms with Crippen LogP contribution in [0.1, 0.15) is 40.0 Å². The first-order valence-electron chi connectivity index (χ1n) is 10.1. The van der Waals surface area contributed by atoms with E-state index >= 15 is 0 Å². The lowest BCUT2D eigenvalue weighted by molar-refractivity contribution is -0.133. The minimum Gasteiger partial charge on any atom is -0.452 e. The Balaban J connectivity index is 1.49. The Labute approximate surface area is 174 Å². The molecule has 1 amide bonds. The number of halogens is 1. The van der Waals surface area contributed by atoms with Crippen molar-refractivity contribution in [2.75, 3.05) is 13.7 Å². The normalized spacial score (nSPS) is 13.0. The van der Waals surface area contributed by atoms with Gasteiger partial charge in [-0.3, -0.25) is 9.78 Å². The lowest BCUT2D eigenvalue weighted by atomic mass is 9.90. The van der Waals surface area contributed by atoms with Crippen molar-refractivity contribution in [3.63, 3.8) is 0 Å². The number of aromatic nitrogens is 1. The van der Waals surface area contributed by atoms with E-state index in [1.54, 1.807) is 19.2 Å². The number of carbonyl (C=O) groups excluding carboxylic acids is 2. The highest BCUT2D eigenvalue weighted by Crippen LogP contribution is 2.29. The van der Waals surface area contributed by atoms with Crippen LogP contribution in [0, 0.1) is 5.82 Å². The summed E-state index contributed by atoms with van der Waals surface area (Å²) in [5.74, 6) is -1.13. The van der Waals surface area contributed by atoms with E-state index in [-0.39, 0.29) is 18.3 Å². The number of esters is 1. The maximum Gasteiger partial charge on any atom is 0.339 e. The minimum absolute atomic E-state index is 0.310. The van der Waals surface area contributed by atoms with Crippen molar-refractivity contribution >= 4 is 22.8 Å². The van der Waals surface area contributed by atoms with Gasteiger partial charge in [-0.2, -0.15) is 0 Å². The predicted molar refractivity (Wildman–Crippen MR) is 112 cm³/mol. The van der Waals surface area contributed by atoms with Gasteiger partial charge in [0.2, 0.25) is 0 Å². The van der Waals surface area contributed by atoms with E-state index in [9.17, 15) is 14.0 Å². The van der Waals surface area contributed by atoms with Crippen LogP contribution >= 0.6 is 0 Å². The molecule has 1 aliphatic carbocycles. The molecule has 0 fully saturated rings. The number of rotatable bonds is 5. The second kappa shape index (κ2) is 8.61. The SMILES string of the molecule is CN(Cc1ccc(F)cc1)C(=O)COC(=O)c1c2c(nc3ccccc13)CCCC2. The van der Waals surface area contributed by atoms with Gasteiger partial charge in [-0.05, 0) is 55.0 Å². The van der Waals surface area contributed by atoms with E-state index in [4.69, 9.17) is 9.72 Å². The quantitative estimate of drug-likeness (QED) is 0.600. The molecular formula is C24H23FN2O3. The van der Waals surface area contributed by atoms with Crippen LogP contribution in [0.15, 0.2) is 48.5 Å². The molecule has 0 bridgehead atoms. The molecule has 0 unspecified atom stereocenters. The summed E-state index contributed by atoms with van der Waals surface area (Å²) in [4.78, 5) is 31.6. The van der Waals surface area contributed by atoms with Crippen molar-refractivity contribution in [3.05, 3.63) is 76.7 Å². The smallest absolute Gasteiger partial charge is 0.339 e. The third-order valence-corrected chi connectivity index (χ3v) is 5.46. The van der Waals surface area contributed by atoms with Crippen LogP contribution in [0.3, 0.4) is 0 Å². The fraction of sp³-hybridized carbons (Fsp3) is 0.292. The zero-order valence-electron chi connectivity index (χ0n) is 16.9. The van der Waals surface area contributed by atoms with Gasteiger partial charge in [0.05, 0.1) is 11.1 Å². The highest BCUT2D eigenvalue weighted by molar-refractivity contribution is 6.05. The highest BCUT2D eigenvalue weighted by Gasteiger charge is 2.24. The number of hydrogen-bond acceptors (Lipinski definition) is 4. The van der Waals surface area contributed by atoms with E-state index < -0.39 is 5.97 Å². The van der Waals surface area contributed by atoms with Gasteiger partial charge in [0.1, 0.15) is 5.82 Å². The van der Waals surface area contributed by atoms with Gasteiger partial charge < -0.3 is 9.64 Å². The molecule has 2 aromatic carbocycles. The van der Waals surface area contributed by atoms with Gasteiger partial charge in [-0.25, -0.2) is 9.18 Å². The van der Waals surface area contributed by atoms with Crippen LogP contribution in [-0.2, 0) is 28.9 Å². The Morgan fingerprint density at radius 1 is 1.07 bits per heavy atom. The monoisotopic (exact) mass is 406 g/mol. The lowest BCUT2D eigenvalue weighted by Crippen LogP contribution is -2.31. The molecule has 4 rings (SSSR count). The van der Waals surface area contributed by atoms with Gasteiger partial charge in [0, 0.05) is 24.7 Å². The number of amides is 1. The minimum atomic E-state index is -0.490. The molecule has 0 aliphatic heterocycles. The van der Waals surface area contributed by atoms with E-state index in [2.05, 4.69) is 0 Å². The number of benzene rings is 2. The molecule has 3 aromatic rings. The number of fused-ring (bicyclic) bond motifs is 2. The summed E-state index contributed by atoms with van der Waals surface area (Å²) in [6.45, 7) is -0.0355. The maximum absolute atomic E-state index is 13.0. The maximum atomic E-state index is 13.0. The van der Waals surface area contributed by atoms with Crippen LogP contribution in [0.4, 0.5) is 4.39 Å². The first-order valence-corrected chi connectivity index (χ1v) is 10.1. The molecule has 0 N–H and O–H groups in total. The Morgan fingerprint density at radius 3 is 2.60 bits per heavy atom. The summed E-state index contributed by atoms with van der Waals surface area (Å²) in [6, 6.07) is 13.5. The molecule has 0 saturated carbocycles. The number of para-hydroxylation sites is 1. The van der Waals surface area contributed by atoms with Gasteiger partial charge in [0.15, 0.2) is 6.61 Å². The summed E-state index contributed by atoms with van der Waals surface area (Å²) in [7, 11) is 1.63. The molecule has 0 radical (unpaired) electrons. The van der Waals surface area contributed by atoms with Crippen LogP contribution in [-0.4, -0.2) is 35.4 Å². The van der Waals surface area contributed by atoms with E-state index in [0.29, 0.717) is 12.1 Å². The predicted octanol–water partition coefficient (Wildman–Crippen LogP) is 4.07. The Morgan fingerprint density at radius 2 is 1.80 bits per heavy atom. The van der Waals surface area contributed by atoms with Gasteiger partial charge in [-0.1, -0.05) is 30.3 Å². The van der Waals surface area contributed by atoms with E-state index in [1.807, 2.05) is 24.3 Å². The largest absolute Gasteiger partial charge is 0.452 e. The van der Waals surface area contributed by atoms with Gasteiger partial charge in [-0.15, -0.1) is 0 Å². The van der Waals surface area contributed by atoms with Crippen molar-refractivity contribution in [3.8, 4) is 0 Å². The number of pyridine rings is 1. The standard InChI is InChI=1S/C24H23FN2O3/c1-27(14-16-10-12-17(25)13-11-16)22(28)15-30-24(29)23-18-6-2-4-8-20(18)26-21-9-5-3-7-19(21)23/h2,4,6,8,10-13H,3,5,7,9,14-15H2,1H3. The Kier molecular flexibility index (Phi) is 5.74. The lowest BCUT2D eigenvalue weighted by Gasteiger charge is -2.21. The Hall–Kier alpha value is -3.28. The first-order chi connectivity index (χ1) is 14.5. The molecule has 154 valence electrons. The number of carbonyl (C=O) groups is 2. The van der Waals surface area contributed by atoms with Crippen molar-refractivity contribution in [1.82, 2.24) is 9.88 Å². The van der Waals surface area contributed by atoms with Crippen LogP contribution < -0.4 is 0 Å². The van der Waals surface area contributed by atoms with Gasteiger partial charge >= 0.3 is 5.97 Å². The average molecular weight is 406 g/mol. The molecule has 0 spiro atoms. The molecule has 0 atom stereocenters. The summed E-state index contributed by atoms with van der Waals surface area (Å²) in [5, 5.41) is 0.760. The second-order valence-electron chi connectivity index (χ2n) is 7.59. The fourth-order valence-corrected chi connectivity index (χ4v) is 3.87. The third-order valence-electron chi connectivity index (χ3n) is 5.46. The molecule has 0 saturated heterocycles. The zero-order chi connectivity index (χ0) is 21.1. The number of aryl methyl sites for hydroxylation is 1. The van der Waals surface area contributed by atoms with Crippen LogP contribution in [0.5, 0.6) is 0 Å². The average Bonchev–Trinajstić information content (AvgIpc) is 2.77. The van der Waals surface area contributed by atoms with Crippen LogP contribution in [0.25, 0.3) is 10.9 Å². The third kappa shape index (κ3) is 4.17. The van der Waals surface area contributed by atoms with Crippen molar-refractivity contribution in [2.45, 2.75) is 32.2 Å². The number of hydrogen-bond donors (Lipinski definition) is 0. The molecule has 1 aliphatic rings. The van der Waals surface area contributed by atoms with Gasteiger partial charge in [0.25, 0.3) is 5.91 Å². The fourth-order valence-electron chi connectivity index (χ4n) is 3.87. The second-order valence-corrected chi connectivity index (χ2v) is 7.59. The summed E-state index contributed by atoms with van der Waals surface area (Å²) in [5.41, 5.74) is 3.99. The topological polar surface area (TPSA) is 59.5 Å². The molecule has 30 heavy (non-hydrogen) atoms. The molecule has 6 heteroatoms. The Bertz CT molecular complexity index is 1100. The first kappa shape index (κ1) is 20.0. The van der Waals surface area contributed by atoms with Crippen molar-refractivity contribution in [2.24, 2.45) is 0 Å². The summed E-state index contributed by atoms with van der Waals surface area (Å²) in [6.07, 6.45) is 3.70. The van der Waals surface area contributed by atoms with E-state index in [0.717, 1.165) is 53.4 Å². The van der Waals surface area contributed by atoms with Crippen molar-refractivity contribution in [1.29, 1.82) is 0 Å². The van der Waals surface area contributed by atoms with E-state index in [1.165, 1.54) is 17.0 Å². The molecule has 5 nitrogen and oxygen atoms in total. The zero-order valence-corrected chi connectivity index (χ0v) is 16.9. The summed E-state index contributed by atoms with van der Waals surface area (Å²) < 4.78 is 18.5. The van der Waals surface area contributed by atoms with Crippen molar-refractivity contribution < 1.29 is 18.7 Å². The number of nitrogens with zero attached hydrogens (tertiary/aromatic N) is 2. The molecular weight excluding hydrogens is 383 g/mol. The highest BCUT2D eigenvalue weighted by atomic mass is 19.1. The molecule has 1 heterocycles. The van der Waals surface area contributed by atoms with Crippen LogP contribution in [0.2, 0.25) is 0 Å². The summed E-state index contributed by atoms with van der Waals surface area (Å²) >= 11 is 0. The molecule has 1 aromatic heterocycles.